The van der Waals surface area contributed by atoms with Crippen LogP contribution in [-0.2, 0) is 16.4 Å². The van der Waals surface area contributed by atoms with Crippen molar-refractivity contribution in [2.75, 3.05) is 24.7 Å². The highest BCUT2D eigenvalue weighted by Crippen LogP contribution is 2.30. The number of anilines is 1. The van der Waals surface area contributed by atoms with E-state index >= 15 is 0 Å². The summed E-state index contributed by atoms with van der Waals surface area (Å²) >= 11 is 1.55. The highest BCUT2D eigenvalue weighted by Gasteiger charge is 2.17. The molecule has 10 heteroatoms. The quantitative estimate of drug-likeness (QED) is 0.316. The first kappa shape index (κ1) is 25.5. The van der Waals surface area contributed by atoms with E-state index in [0.717, 1.165) is 22.6 Å². The molecule has 3 N–H and O–H groups in total. The van der Waals surface area contributed by atoms with Crippen LogP contribution in [-0.4, -0.2) is 37.8 Å². The summed E-state index contributed by atoms with van der Waals surface area (Å²) in [6.07, 6.45) is 0.603. The van der Waals surface area contributed by atoms with Crippen molar-refractivity contribution in [3.63, 3.8) is 0 Å². The smallest absolute Gasteiger partial charge is 0.238 e. The second kappa shape index (κ2) is 11.3. The number of methoxy groups -OCH3 is 1. The molecule has 0 radical (unpaired) electrons. The van der Waals surface area contributed by atoms with Gasteiger partial charge in [0.1, 0.15) is 23.2 Å². The van der Waals surface area contributed by atoms with Crippen molar-refractivity contribution in [1.82, 2.24) is 9.97 Å². The highest BCUT2D eigenvalue weighted by molar-refractivity contribution is 7.99. The fraction of sp³-hybridized carbons (Fsp3) is 0.292. The van der Waals surface area contributed by atoms with E-state index in [1.807, 2.05) is 24.3 Å². The first-order valence-electron chi connectivity index (χ1n) is 10.7. The number of hydrogen-bond acceptors (Lipinski definition) is 8. The number of nitrogens with one attached hydrogen (secondary N) is 1. The molecule has 8 nitrogen and oxygen atoms in total. The van der Waals surface area contributed by atoms with E-state index in [1.165, 1.54) is 12.1 Å². The molecule has 178 valence electrons. The Morgan fingerprint density at radius 3 is 2.35 bits per heavy atom. The van der Waals surface area contributed by atoms with Crippen molar-refractivity contribution in [2.45, 2.75) is 30.3 Å². The minimum absolute atomic E-state index is 0.0720. The zero-order valence-corrected chi connectivity index (χ0v) is 20.9. The number of thioether (sulfide) groups is 1. The maximum absolute atomic E-state index is 11.4. The van der Waals surface area contributed by atoms with Crippen LogP contribution in [0.1, 0.15) is 25.0 Å². The standard InChI is InChI=1S/C24H27N5O3S2/c1-16(2)15-33-24-28-22(18-6-8-19(32-3)9-7-18)21(14-25)23(29-24)27-13-12-17-4-10-20(11-5-17)34(26,30)31/h4-11,16H,12-13,15H2,1-3H3,(H2,26,30,31)(H,27,28,29). The van der Waals surface area contributed by atoms with Gasteiger partial charge in [-0.3, -0.25) is 0 Å². The Labute approximate surface area is 204 Å². The third-order valence-corrected chi connectivity index (χ3v) is 7.07. The van der Waals surface area contributed by atoms with Crippen LogP contribution in [0.25, 0.3) is 11.3 Å². The van der Waals surface area contributed by atoms with E-state index in [9.17, 15) is 13.7 Å². The minimum Gasteiger partial charge on any atom is -0.497 e. The summed E-state index contributed by atoms with van der Waals surface area (Å²) in [6, 6.07) is 16.1. The molecule has 2 aromatic carbocycles. The highest BCUT2D eigenvalue weighted by atomic mass is 32.2. The molecule has 0 aliphatic heterocycles. The largest absolute Gasteiger partial charge is 0.497 e. The molecule has 0 saturated carbocycles. The fourth-order valence-electron chi connectivity index (χ4n) is 3.11. The number of hydrogen-bond donors (Lipinski definition) is 2. The van der Waals surface area contributed by atoms with Crippen molar-refractivity contribution in [2.24, 2.45) is 11.1 Å². The van der Waals surface area contributed by atoms with Crippen LogP contribution in [0.2, 0.25) is 0 Å². The number of nitriles is 1. The molecule has 0 bridgehead atoms. The lowest BCUT2D eigenvalue weighted by atomic mass is 10.1. The Bertz CT molecular complexity index is 1270. The summed E-state index contributed by atoms with van der Waals surface area (Å²) in [7, 11) is -2.12. The molecule has 0 amide bonds. The molecule has 0 unspecified atom stereocenters. The van der Waals surface area contributed by atoms with Gasteiger partial charge in [-0.15, -0.1) is 0 Å². The van der Waals surface area contributed by atoms with Gasteiger partial charge in [-0.05, 0) is 54.3 Å². The predicted molar refractivity (Wildman–Crippen MR) is 134 cm³/mol. The van der Waals surface area contributed by atoms with E-state index in [4.69, 9.17) is 9.88 Å². The zero-order valence-electron chi connectivity index (χ0n) is 19.3. The number of rotatable bonds is 10. The Balaban J connectivity index is 1.86. The molecule has 3 aromatic rings. The second-order valence-electron chi connectivity index (χ2n) is 7.99. The van der Waals surface area contributed by atoms with Crippen molar-refractivity contribution in [3.05, 3.63) is 59.7 Å². The number of sulfonamides is 1. The molecule has 3 rings (SSSR count). The van der Waals surface area contributed by atoms with Crippen LogP contribution in [0.4, 0.5) is 5.82 Å². The van der Waals surface area contributed by atoms with Crippen LogP contribution in [0.5, 0.6) is 5.75 Å². The molecule has 34 heavy (non-hydrogen) atoms. The number of nitrogens with two attached hydrogens (primary N) is 1. The van der Waals surface area contributed by atoms with E-state index in [0.29, 0.717) is 41.1 Å². The maximum Gasteiger partial charge on any atom is 0.238 e. The van der Waals surface area contributed by atoms with Crippen LogP contribution in [0, 0.1) is 17.2 Å². The van der Waals surface area contributed by atoms with Gasteiger partial charge < -0.3 is 10.1 Å². The fourth-order valence-corrected chi connectivity index (χ4v) is 4.42. The number of aromatic nitrogens is 2. The molecule has 1 aromatic heterocycles. The predicted octanol–water partition coefficient (Wildman–Crippen LogP) is 4.07. The average molecular weight is 498 g/mol. The van der Waals surface area contributed by atoms with Gasteiger partial charge in [0.15, 0.2) is 5.16 Å². The number of nitrogens with zero attached hydrogens (tertiary/aromatic N) is 3. The van der Waals surface area contributed by atoms with Gasteiger partial charge in [0.2, 0.25) is 10.0 Å². The van der Waals surface area contributed by atoms with Gasteiger partial charge in [0.05, 0.1) is 17.7 Å². The molecule has 0 aliphatic rings. The molecule has 0 saturated heterocycles. The Hall–Kier alpha value is -3.13. The monoisotopic (exact) mass is 497 g/mol. The molecule has 1 heterocycles. The first-order chi connectivity index (χ1) is 16.2. The van der Waals surface area contributed by atoms with E-state index < -0.39 is 10.0 Å². The molecule has 0 spiro atoms. The first-order valence-corrected chi connectivity index (χ1v) is 13.2. The summed E-state index contributed by atoms with van der Waals surface area (Å²) < 4.78 is 28.1. The van der Waals surface area contributed by atoms with Crippen molar-refractivity contribution < 1.29 is 13.2 Å². The third-order valence-electron chi connectivity index (χ3n) is 4.87. The van der Waals surface area contributed by atoms with Crippen LogP contribution >= 0.6 is 11.8 Å². The SMILES string of the molecule is COc1ccc(-c2nc(SCC(C)C)nc(NCCc3ccc(S(N)(=O)=O)cc3)c2C#N)cc1. The Kier molecular flexibility index (Phi) is 8.50. The molecule has 0 fully saturated rings. The van der Waals surface area contributed by atoms with Gasteiger partial charge in [-0.2, -0.15) is 5.26 Å². The van der Waals surface area contributed by atoms with Gasteiger partial charge >= 0.3 is 0 Å². The summed E-state index contributed by atoms with van der Waals surface area (Å²) in [5.74, 6) is 2.50. The molecule has 0 aliphatic carbocycles. The van der Waals surface area contributed by atoms with Gasteiger partial charge in [-0.25, -0.2) is 23.5 Å². The van der Waals surface area contributed by atoms with E-state index in [-0.39, 0.29) is 4.90 Å². The Morgan fingerprint density at radius 2 is 1.79 bits per heavy atom. The number of primary sulfonamides is 1. The average Bonchev–Trinajstić information content (AvgIpc) is 2.82. The lowest BCUT2D eigenvalue weighted by molar-refractivity contribution is 0.415. The topological polar surface area (TPSA) is 131 Å². The van der Waals surface area contributed by atoms with Crippen molar-refractivity contribution in [3.8, 4) is 23.1 Å². The summed E-state index contributed by atoms with van der Waals surface area (Å²) in [6.45, 7) is 4.75. The number of ether oxygens (including phenoxy) is 1. The summed E-state index contributed by atoms with van der Waals surface area (Å²) in [5, 5.41) is 18.9. The van der Waals surface area contributed by atoms with Crippen molar-refractivity contribution >= 4 is 27.6 Å². The van der Waals surface area contributed by atoms with Gasteiger partial charge in [0.25, 0.3) is 0 Å². The van der Waals surface area contributed by atoms with Crippen LogP contribution < -0.4 is 15.2 Å². The van der Waals surface area contributed by atoms with Crippen LogP contribution in [0.15, 0.2) is 58.6 Å². The third kappa shape index (κ3) is 6.70. The number of benzene rings is 2. The van der Waals surface area contributed by atoms with Gasteiger partial charge in [-0.1, -0.05) is 37.7 Å². The lowest BCUT2D eigenvalue weighted by Gasteiger charge is -2.14. The molecular weight excluding hydrogens is 470 g/mol. The maximum atomic E-state index is 11.4. The normalized spacial score (nSPS) is 11.3. The van der Waals surface area contributed by atoms with E-state index in [2.05, 4.69) is 35.2 Å². The summed E-state index contributed by atoms with van der Waals surface area (Å²) in [5.41, 5.74) is 2.65. The molecular formula is C24H27N5O3S2. The van der Waals surface area contributed by atoms with Crippen LogP contribution in [0.3, 0.4) is 0 Å². The summed E-state index contributed by atoms with van der Waals surface area (Å²) in [4.78, 5) is 9.36. The second-order valence-corrected chi connectivity index (χ2v) is 10.5. The van der Waals surface area contributed by atoms with Crippen molar-refractivity contribution in [1.29, 1.82) is 5.26 Å². The van der Waals surface area contributed by atoms with E-state index in [1.54, 1.807) is 31.0 Å². The molecule has 0 atom stereocenters. The van der Waals surface area contributed by atoms with Gasteiger partial charge in [0, 0.05) is 17.9 Å². The lowest BCUT2D eigenvalue weighted by Crippen LogP contribution is -2.12. The Morgan fingerprint density at radius 1 is 1.12 bits per heavy atom. The minimum atomic E-state index is -3.72. The zero-order chi connectivity index (χ0) is 24.7.